The van der Waals surface area contributed by atoms with Gasteiger partial charge in [0.15, 0.2) is 5.11 Å². The van der Waals surface area contributed by atoms with Crippen LogP contribution in [0.4, 0.5) is 0 Å². The van der Waals surface area contributed by atoms with E-state index in [1.165, 1.54) is 20.5 Å². The number of hydrogen-bond donors (Lipinski definition) is 2. The number of aromatic nitrogens is 2. The van der Waals surface area contributed by atoms with E-state index in [2.05, 4.69) is 69.6 Å². The van der Waals surface area contributed by atoms with Gasteiger partial charge >= 0.3 is 0 Å². The lowest BCUT2D eigenvalue weighted by molar-refractivity contribution is 0.316. The molecule has 122 valence electrons. The molecule has 0 aliphatic carbocycles. The minimum absolute atomic E-state index is 0.0812. The van der Waals surface area contributed by atoms with Crippen molar-refractivity contribution in [1.82, 2.24) is 20.2 Å². The molecule has 0 radical (unpaired) electrons. The predicted octanol–water partition coefficient (Wildman–Crippen LogP) is 4.01. The van der Waals surface area contributed by atoms with Crippen LogP contribution < -0.4 is 5.32 Å². The number of hydrogen-bond acceptors (Lipinski definition) is 2. The van der Waals surface area contributed by atoms with Crippen molar-refractivity contribution in [1.29, 1.82) is 0 Å². The van der Waals surface area contributed by atoms with Crippen molar-refractivity contribution in [3.8, 4) is 0 Å². The van der Waals surface area contributed by atoms with Crippen molar-refractivity contribution in [2.24, 2.45) is 0 Å². The molecule has 3 heterocycles. The molecule has 1 aliphatic heterocycles. The van der Waals surface area contributed by atoms with Crippen molar-refractivity contribution in [3.63, 3.8) is 0 Å². The molecule has 4 nitrogen and oxygen atoms in total. The predicted molar refractivity (Wildman–Crippen MR) is 105 cm³/mol. The first-order valence-electron chi connectivity index (χ1n) is 7.87. The molecule has 2 N–H and O–H groups in total. The van der Waals surface area contributed by atoms with Crippen LogP contribution in [0, 0.1) is 17.4 Å². The van der Waals surface area contributed by atoms with Crippen molar-refractivity contribution in [3.05, 3.63) is 50.6 Å². The summed E-state index contributed by atoms with van der Waals surface area (Å²) in [6.07, 6.45) is 2.91. The third kappa shape index (κ3) is 2.98. The van der Waals surface area contributed by atoms with E-state index < -0.39 is 0 Å². The molecule has 1 fully saturated rings. The maximum Gasteiger partial charge on any atom is 0.170 e. The minimum atomic E-state index is 0.0812. The molecule has 3 rings (SSSR count). The Labute approximate surface area is 156 Å². The summed E-state index contributed by atoms with van der Waals surface area (Å²) in [6, 6.07) is 6.31. The fraction of sp³-hybridized carbons (Fsp3) is 0.412. The van der Waals surface area contributed by atoms with E-state index in [4.69, 9.17) is 12.2 Å². The summed E-state index contributed by atoms with van der Waals surface area (Å²) in [7, 11) is 0. The summed E-state index contributed by atoms with van der Waals surface area (Å²) < 4.78 is 1.29. The molecule has 1 saturated heterocycles. The highest BCUT2D eigenvalue weighted by atomic mass is 127. The molecule has 0 saturated carbocycles. The normalized spacial score (nSPS) is 20.9. The van der Waals surface area contributed by atoms with E-state index in [-0.39, 0.29) is 12.1 Å². The van der Waals surface area contributed by atoms with Gasteiger partial charge < -0.3 is 15.2 Å². The van der Waals surface area contributed by atoms with Gasteiger partial charge in [0, 0.05) is 33.3 Å². The number of aryl methyl sites for hydroxylation is 2. The van der Waals surface area contributed by atoms with Crippen LogP contribution in [-0.4, -0.2) is 26.5 Å². The molecule has 1 aliphatic rings. The molecule has 0 spiro atoms. The van der Waals surface area contributed by atoms with Crippen molar-refractivity contribution >= 4 is 39.9 Å². The number of aromatic amines is 1. The van der Waals surface area contributed by atoms with Gasteiger partial charge in [0.2, 0.25) is 0 Å². The van der Waals surface area contributed by atoms with Gasteiger partial charge in [-0.05, 0) is 67.2 Å². The Balaban J connectivity index is 2.11. The topological polar surface area (TPSA) is 44.0 Å². The van der Waals surface area contributed by atoms with Gasteiger partial charge in [-0.15, -0.1) is 0 Å². The van der Waals surface area contributed by atoms with E-state index in [0.717, 1.165) is 23.8 Å². The highest BCUT2D eigenvalue weighted by molar-refractivity contribution is 14.1. The number of nitrogens with one attached hydrogen (secondary N) is 2. The highest BCUT2D eigenvalue weighted by Crippen LogP contribution is 2.42. The Morgan fingerprint density at radius 1 is 1.30 bits per heavy atom. The smallest absolute Gasteiger partial charge is 0.170 e. The lowest BCUT2D eigenvalue weighted by Crippen LogP contribution is -2.30. The zero-order chi connectivity index (χ0) is 16.6. The van der Waals surface area contributed by atoms with E-state index in [9.17, 15) is 0 Å². The highest BCUT2D eigenvalue weighted by Gasteiger charge is 2.41. The molecule has 2 aromatic heterocycles. The quantitative estimate of drug-likeness (QED) is 0.557. The molecule has 23 heavy (non-hydrogen) atoms. The Morgan fingerprint density at radius 2 is 2.09 bits per heavy atom. The average molecular weight is 440 g/mol. The van der Waals surface area contributed by atoms with Crippen molar-refractivity contribution < 1.29 is 0 Å². The second-order valence-electron chi connectivity index (χ2n) is 5.92. The summed E-state index contributed by atoms with van der Waals surface area (Å²) in [4.78, 5) is 10.4. The lowest BCUT2D eigenvalue weighted by atomic mass is 9.96. The second kappa shape index (κ2) is 6.76. The first kappa shape index (κ1) is 16.7. The van der Waals surface area contributed by atoms with E-state index in [1.54, 1.807) is 0 Å². The monoisotopic (exact) mass is 440 g/mol. The Morgan fingerprint density at radius 3 is 2.65 bits per heavy atom. The Hall–Kier alpha value is -1.15. The number of rotatable bonds is 4. The molecule has 2 atom stereocenters. The van der Waals surface area contributed by atoms with Crippen LogP contribution in [-0.2, 0) is 0 Å². The number of thiocarbonyl (C=S) groups is 1. The molecule has 0 aromatic carbocycles. The summed E-state index contributed by atoms with van der Waals surface area (Å²) in [5, 5.41) is 4.32. The summed E-state index contributed by atoms with van der Waals surface area (Å²) >= 11 is 8.07. The Kier molecular flexibility index (Phi) is 4.91. The van der Waals surface area contributed by atoms with Crippen LogP contribution in [0.2, 0.25) is 0 Å². The van der Waals surface area contributed by atoms with Crippen LogP contribution in [0.25, 0.3) is 0 Å². The van der Waals surface area contributed by atoms with Crippen LogP contribution in [0.3, 0.4) is 0 Å². The van der Waals surface area contributed by atoms with Crippen molar-refractivity contribution in [2.75, 3.05) is 6.54 Å². The molecular formula is C17H21IN4S. The number of halogens is 1. The summed E-state index contributed by atoms with van der Waals surface area (Å²) in [5.41, 5.74) is 4.80. The fourth-order valence-corrected chi connectivity index (χ4v) is 4.51. The zero-order valence-electron chi connectivity index (χ0n) is 13.6. The average Bonchev–Trinajstić information content (AvgIpc) is 2.98. The standard InChI is InChI=1S/C17H21IN4S/c1-4-9-22-16(13-10(2)20-11(3)14(13)18)15(21-17(22)23)12-7-5-6-8-19-12/h5-8,15-16,20H,4,9H2,1-3H3,(H,21,23)/t15-,16-/m1/s1. The van der Waals surface area contributed by atoms with Gasteiger partial charge in [-0.25, -0.2) is 0 Å². The van der Waals surface area contributed by atoms with E-state index in [0.29, 0.717) is 0 Å². The van der Waals surface area contributed by atoms with Gasteiger partial charge in [0.05, 0.1) is 17.8 Å². The van der Waals surface area contributed by atoms with Gasteiger partial charge in [-0.1, -0.05) is 13.0 Å². The van der Waals surface area contributed by atoms with Crippen LogP contribution in [0.5, 0.6) is 0 Å². The Bertz CT molecular complexity index is 713. The largest absolute Gasteiger partial charge is 0.362 e. The molecule has 0 unspecified atom stereocenters. The van der Waals surface area contributed by atoms with Crippen LogP contribution in [0.15, 0.2) is 24.4 Å². The van der Waals surface area contributed by atoms with Crippen molar-refractivity contribution in [2.45, 2.75) is 39.3 Å². The summed E-state index contributed by atoms with van der Waals surface area (Å²) in [6.45, 7) is 7.40. The first-order chi connectivity index (χ1) is 11.0. The number of nitrogens with zero attached hydrogens (tertiary/aromatic N) is 2. The van der Waals surface area contributed by atoms with Gasteiger partial charge in [-0.3, -0.25) is 4.98 Å². The SMILES string of the molecule is CCCN1C(=S)N[C@H](c2ccccn2)[C@H]1c1c(C)[nH]c(C)c1I. The zero-order valence-corrected chi connectivity index (χ0v) is 16.5. The first-order valence-corrected chi connectivity index (χ1v) is 9.36. The van der Waals surface area contributed by atoms with Gasteiger partial charge in [-0.2, -0.15) is 0 Å². The number of pyridine rings is 1. The molecule has 0 bridgehead atoms. The molecule has 2 aromatic rings. The van der Waals surface area contributed by atoms with E-state index >= 15 is 0 Å². The van der Waals surface area contributed by atoms with Crippen LogP contribution >= 0.6 is 34.8 Å². The summed E-state index contributed by atoms with van der Waals surface area (Å²) in [5.74, 6) is 0. The van der Waals surface area contributed by atoms with E-state index in [1.807, 2.05) is 18.3 Å². The number of H-pyrrole nitrogens is 1. The minimum Gasteiger partial charge on any atom is -0.362 e. The maximum absolute atomic E-state index is 5.63. The van der Waals surface area contributed by atoms with Gasteiger partial charge in [0.1, 0.15) is 0 Å². The maximum atomic E-state index is 5.63. The van der Waals surface area contributed by atoms with Gasteiger partial charge in [0.25, 0.3) is 0 Å². The lowest BCUT2D eigenvalue weighted by Gasteiger charge is -2.28. The third-order valence-corrected chi connectivity index (χ3v) is 6.05. The van der Waals surface area contributed by atoms with Crippen LogP contribution in [0.1, 0.15) is 48.1 Å². The molecule has 6 heteroatoms. The molecule has 0 amide bonds. The third-order valence-electron chi connectivity index (χ3n) is 4.30. The molecular weight excluding hydrogens is 419 g/mol. The second-order valence-corrected chi connectivity index (χ2v) is 7.39. The fourth-order valence-electron chi connectivity index (χ4n) is 3.32.